The van der Waals surface area contributed by atoms with Crippen LogP contribution in [-0.4, -0.2) is 58.7 Å². The van der Waals surface area contributed by atoms with Gasteiger partial charge in [-0.1, -0.05) is 22.9 Å². The van der Waals surface area contributed by atoms with Gasteiger partial charge in [-0.15, -0.1) is 5.10 Å². The molecule has 0 aliphatic heterocycles. The second-order valence-corrected chi connectivity index (χ2v) is 5.85. The highest BCUT2D eigenvalue weighted by Gasteiger charge is 2.28. The Labute approximate surface area is 143 Å². The summed E-state index contributed by atoms with van der Waals surface area (Å²) in [5, 5.41) is 10.4. The maximum absolute atomic E-state index is 12.2. The molecule has 1 aromatic heterocycles. The molecule has 0 saturated heterocycles. The lowest BCUT2D eigenvalue weighted by Crippen LogP contribution is -2.33. The zero-order valence-corrected chi connectivity index (χ0v) is 14.0. The van der Waals surface area contributed by atoms with Gasteiger partial charge in [0.25, 0.3) is 5.91 Å². The molecule has 6 nitrogen and oxygen atoms in total. The Balaban J connectivity index is 1.79. The molecule has 0 atom stereocenters. The lowest BCUT2D eigenvalue weighted by molar-refractivity contribution is -0.143. The molecule has 9 heteroatoms. The summed E-state index contributed by atoms with van der Waals surface area (Å²) in [6.45, 7) is 1.50. The number of aromatic nitrogens is 3. The molecule has 1 N–H and O–H groups in total. The monoisotopic (exact) mass is 355 g/mol. The van der Waals surface area contributed by atoms with Gasteiger partial charge in [-0.25, -0.2) is 4.68 Å². The van der Waals surface area contributed by atoms with Crippen molar-refractivity contribution in [2.24, 2.45) is 0 Å². The van der Waals surface area contributed by atoms with Crippen LogP contribution < -0.4 is 5.32 Å². The van der Waals surface area contributed by atoms with Crippen LogP contribution in [0.1, 0.15) is 22.5 Å². The minimum atomic E-state index is -4.22. The molecule has 0 bridgehead atoms. The number of carbonyl (C=O) groups is 1. The van der Waals surface area contributed by atoms with Crippen molar-refractivity contribution in [2.45, 2.75) is 19.5 Å². The van der Waals surface area contributed by atoms with E-state index >= 15 is 0 Å². The number of amides is 1. The number of rotatable bonds is 7. The third-order valence-corrected chi connectivity index (χ3v) is 3.48. The van der Waals surface area contributed by atoms with Crippen molar-refractivity contribution in [1.29, 1.82) is 0 Å². The van der Waals surface area contributed by atoms with Crippen LogP contribution in [-0.2, 0) is 0 Å². The average Bonchev–Trinajstić information content (AvgIpc) is 3.00. The Bertz CT molecular complexity index is 697. The van der Waals surface area contributed by atoms with E-state index in [1.54, 1.807) is 0 Å². The quantitative estimate of drug-likeness (QED) is 0.774. The summed E-state index contributed by atoms with van der Waals surface area (Å²) >= 11 is 0. The van der Waals surface area contributed by atoms with Crippen molar-refractivity contribution in [3.05, 3.63) is 41.7 Å². The summed E-state index contributed by atoms with van der Waals surface area (Å²) in [4.78, 5) is 13.2. The number of nitrogens with one attached hydrogen (secondary N) is 1. The largest absolute Gasteiger partial charge is 0.401 e. The molecule has 0 spiro atoms. The summed E-state index contributed by atoms with van der Waals surface area (Å²) in [7, 11) is 1.39. The molecule has 2 rings (SSSR count). The number of carbonyl (C=O) groups excluding carboxylic acids is 1. The zero-order chi connectivity index (χ0) is 18.4. The first-order chi connectivity index (χ1) is 11.7. The summed E-state index contributed by atoms with van der Waals surface area (Å²) < 4.78 is 38.1. The highest BCUT2D eigenvalue weighted by Crippen LogP contribution is 2.15. The molecule has 2 aromatic rings. The first-order valence-electron chi connectivity index (χ1n) is 7.77. The van der Waals surface area contributed by atoms with Crippen molar-refractivity contribution in [1.82, 2.24) is 25.2 Å². The fraction of sp³-hybridized carbons (Fsp3) is 0.438. The highest BCUT2D eigenvalue weighted by atomic mass is 19.4. The molecule has 0 aliphatic rings. The maximum Gasteiger partial charge on any atom is 0.401 e. The SMILES string of the molecule is Cc1ccc(-n2cc(C(=O)NCCCN(C)CC(F)(F)F)nn2)cc1. The third kappa shape index (κ3) is 6.18. The molecule has 0 aliphatic carbocycles. The van der Waals surface area contributed by atoms with Crippen LogP contribution in [0.2, 0.25) is 0 Å². The van der Waals surface area contributed by atoms with E-state index in [2.05, 4.69) is 15.6 Å². The van der Waals surface area contributed by atoms with E-state index in [-0.39, 0.29) is 18.8 Å². The minimum absolute atomic E-state index is 0.157. The van der Waals surface area contributed by atoms with Crippen molar-refractivity contribution < 1.29 is 18.0 Å². The van der Waals surface area contributed by atoms with Gasteiger partial charge >= 0.3 is 6.18 Å². The Hall–Kier alpha value is -2.42. The summed E-state index contributed by atoms with van der Waals surface area (Å²) in [6, 6.07) is 7.58. The lowest BCUT2D eigenvalue weighted by atomic mass is 10.2. The standard InChI is InChI=1S/C16H20F3N5O/c1-12-4-6-13(7-5-12)24-10-14(21-22-24)15(25)20-8-3-9-23(2)11-16(17,18)19/h4-7,10H,3,8-9,11H2,1-2H3,(H,20,25). The fourth-order valence-corrected chi connectivity index (χ4v) is 2.22. The molecular formula is C16H20F3N5O. The molecule has 0 radical (unpaired) electrons. The van der Waals surface area contributed by atoms with Crippen LogP contribution in [0, 0.1) is 6.92 Å². The smallest absolute Gasteiger partial charge is 0.351 e. The van der Waals surface area contributed by atoms with Gasteiger partial charge in [-0.05, 0) is 39.1 Å². The van der Waals surface area contributed by atoms with Crippen LogP contribution in [0.25, 0.3) is 5.69 Å². The number of aryl methyl sites for hydroxylation is 1. The van der Waals surface area contributed by atoms with Gasteiger partial charge in [0.05, 0.1) is 18.4 Å². The molecule has 25 heavy (non-hydrogen) atoms. The normalized spacial score (nSPS) is 11.8. The molecule has 0 fully saturated rings. The van der Waals surface area contributed by atoms with Crippen LogP contribution in [0.15, 0.2) is 30.5 Å². The summed E-state index contributed by atoms with van der Waals surface area (Å²) in [5.74, 6) is -0.406. The van der Waals surface area contributed by atoms with Gasteiger partial charge in [-0.2, -0.15) is 13.2 Å². The van der Waals surface area contributed by atoms with Gasteiger partial charge in [0.2, 0.25) is 0 Å². The van der Waals surface area contributed by atoms with Gasteiger partial charge in [0.1, 0.15) is 0 Å². The van der Waals surface area contributed by atoms with Crippen LogP contribution in [0.5, 0.6) is 0 Å². The van der Waals surface area contributed by atoms with Crippen LogP contribution in [0.3, 0.4) is 0 Å². The summed E-state index contributed by atoms with van der Waals surface area (Å²) in [5.41, 5.74) is 2.05. The first-order valence-corrected chi connectivity index (χ1v) is 7.77. The number of hydrogen-bond acceptors (Lipinski definition) is 4. The molecule has 0 saturated carbocycles. The minimum Gasteiger partial charge on any atom is -0.351 e. The van der Waals surface area contributed by atoms with Gasteiger partial charge in [0, 0.05) is 6.54 Å². The number of nitrogens with zero attached hydrogens (tertiary/aromatic N) is 4. The van der Waals surface area contributed by atoms with Crippen molar-refractivity contribution in [3.8, 4) is 5.69 Å². The predicted octanol–water partition coefficient (Wildman–Crippen LogP) is 2.19. The second kappa shape index (κ2) is 8.11. The van der Waals surface area contributed by atoms with E-state index in [9.17, 15) is 18.0 Å². The molecule has 1 heterocycles. The third-order valence-electron chi connectivity index (χ3n) is 3.48. The van der Waals surface area contributed by atoms with Crippen LogP contribution in [0.4, 0.5) is 13.2 Å². The van der Waals surface area contributed by atoms with Gasteiger partial charge in [-0.3, -0.25) is 9.69 Å². The number of hydrogen-bond donors (Lipinski definition) is 1. The van der Waals surface area contributed by atoms with Gasteiger partial charge in [0.15, 0.2) is 5.69 Å². The Morgan fingerprint density at radius 3 is 2.60 bits per heavy atom. The second-order valence-electron chi connectivity index (χ2n) is 5.85. The lowest BCUT2D eigenvalue weighted by Gasteiger charge is -2.18. The number of halogens is 3. The Morgan fingerprint density at radius 1 is 1.28 bits per heavy atom. The van der Waals surface area contributed by atoms with Crippen molar-refractivity contribution in [2.75, 3.05) is 26.7 Å². The van der Waals surface area contributed by atoms with Crippen LogP contribution >= 0.6 is 0 Å². The highest BCUT2D eigenvalue weighted by molar-refractivity contribution is 5.91. The Morgan fingerprint density at radius 2 is 1.96 bits per heavy atom. The van der Waals surface area contributed by atoms with E-state index in [4.69, 9.17) is 0 Å². The van der Waals surface area contributed by atoms with E-state index in [1.807, 2.05) is 31.2 Å². The average molecular weight is 355 g/mol. The van der Waals surface area contributed by atoms with E-state index in [0.717, 1.165) is 11.3 Å². The zero-order valence-electron chi connectivity index (χ0n) is 14.0. The molecule has 136 valence electrons. The van der Waals surface area contributed by atoms with E-state index in [1.165, 1.54) is 22.8 Å². The summed E-state index contributed by atoms with van der Waals surface area (Å²) in [6.07, 6.45) is -2.30. The maximum atomic E-state index is 12.2. The van der Waals surface area contributed by atoms with Gasteiger partial charge < -0.3 is 5.32 Å². The van der Waals surface area contributed by atoms with E-state index < -0.39 is 18.6 Å². The van der Waals surface area contributed by atoms with E-state index in [0.29, 0.717) is 6.42 Å². The molecular weight excluding hydrogens is 335 g/mol. The predicted molar refractivity (Wildman–Crippen MR) is 86.6 cm³/mol. The van der Waals surface area contributed by atoms with Crippen molar-refractivity contribution >= 4 is 5.91 Å². The number of benzene rings is 1. The Kier molecular flexibility index (Phi) is 6.13. The topological polar surface area (TPSA) is 63.1 Å². The first kappa shape index (κ1) is 18.9. The molecule has 1 amide bonds. The fourth-order valence-electron chi connectivity index (χ4n) is 2.22. The van der Waals surface area contributed by atoms with Crippen molar-refractivity contribution in [3.63, 3.8) is 0 Å². The number of alkyl halides is 3. The molecule has 1 aromatic carbocycles. The molecule has 0 unspecified atom stereocenters.